The van der Waals surface area contributed by atoms with E-state index in [4.69, 9.17) is 23.2 Å². The van der Waals surface area contributed by atoms with Crippen molar-refractivity contribution in [3.05, 3.63) is 33.8 Å². The molecule has 4 heteroatoms. The fourth-order valence-corrected chi connectivity index (χ4v) is 2.73. The summed E-state index contributed by atoms with van der Waals surface area (Å²) in [6.07, 6.45) is 5.19. The van der Waals surface area contributed by atoms with Crippen molar-refractivity contribution in [2.45, 2.75) is 38.1 Å². The van der Waals surface area contributed by atoms with Gasteiger partial charge in [-0.05, 0) is 31.5 Å². The summed E-state index contributed by atoms with van der Waals surface area (Å²) in [6.45, 7) is 1.00. The number of benzene rings is 1. The van der Waals surface area contributed by atoms with Gasteiger partial charge in [-0.15, -0.1) is 0 Å². The quantitative estimate of drug-likeness (QED) is 0.848. The molecule has 0 aromatic heterocycles. The summed E-state index contributed by atoms with van der Waals surface area (Å²) in [6, 6.07) is 5.48. The molecule has 1 saturated heterocycles. The third kappa shape index (κ3) is 3.47. The third-order valence-corrected chi connectivity index (χ3v) is 4.17. The minimum atomic E-state index is 0.0712. The first kappa shape index (κ1) is 13.9. The molecule has 1 fully saturated rings. The maximum atomic E-state index is 12.2. The average molecular weight is 286 g/mol. The molecule has 1 aliphatic heterocycles. The van der Waals surface area contributed by atoms with Crippen molar-refractivity contribution in [3.8, 4) is 0 Å². The maximum Gasteiger partial charge on any atom is 0.165 e. The minimum absolute atomic E-state index is 0.0712. The standard InChI is InChI=1S/C14H17Cl2NO/c15-12-7-4-6-11(14(12)16)13(18)9-10-5-2-1-3-8-17-10/h4,6-7,10,17H,1-3,5,8-9H2. The minimum Gasteiger partial charge on any atom is -0.314 e. The molecule has 0 saturated carbocycles. The lowest BCUT2D eigenvalue weighted by atomic mass is 10.0. The van der Waals surface area contributed by atoms with E-state index in [0.717, 1.165) is 13.0 Å². The van der Waals surface area contributed by atoms with Crippen LogP contribution in [0.15, 0.2) is 18.2 Å². The average Bonchev–Trinajstić information content (AvgIpc) is 2.61. The van der Waals surface area contributed by atoms with E-state index in [1.54, 1.807) is 18.2 Å². The molecule has 1 atom stereocenters. The van der Waals surface area contributed by atoms with E-state index >= 15 is 0 Å². The number of ketones is 1. The van der Waals surface area contributed by atoms with Crippen molar-refractivity contribution in [2.75, 3.05) is 6.54 Å². The molecule has 1 heterocycles. The zero-order chi connectivity index (χ0) is 13.0. The largest absolute Gasteiger partial charge is 0.314 e. The Kier molecular flexibility index (Phi) is 5.04. The van der Waals surface area contributed by atoms with E-state index in [0.29, 0.717) is 22.0 Å². The summed E-state index contributed by atoms with van der Waals surface area (Å²) in [5.74, 6) is 0.0712. The molecule has 98 valence electrons. The first-order valence-electron chi connectivity index (χ1n) is 6.39. The Labute approximate surface area is 118 Å². The fraction of sp³-hybridized carbons (Fsp3) is 0.500. The van der Waals surface area contributed by atoms with Gasteiger partial charge >= 0.3 is 0 Å². The highest BCUT2D eigenvalue weighted by Crippen LogP contribution is 2.27. The number of hydrogen-bond acceptors (Lipinski definition) is 2. The van der Waals surface area contributed by atoms with Gasteiger partial charge in [0.2, 0.25) is 0 Å². The highest BCUT2D eigenvalue weighted by molar-refractivity contribution is 6.43. The lowest BCUT2D eigenvalue weighted by molar-refractivity contribution is 0.0968. The van der Waals surface area contributed by atoms with Crippen LogP contribution in [0.3, 0.4) is 0 Å². The summed E-state index contributed by atoms with van der Waals surface area (Å²) in [4.78, 5) is 12.2. The van der Waals surface area contributed by atoms with Gasteiger partial charge < -0.3 is 5.32 Å². The molecule has 2 nitrogen and oxygen atoms in total. The molecule has 1 aliphatic rings. The molecule has 18 heavy (non-hydrogen) atoms. The summed E-state index contributed by atoms with van der Waals surface area (Å²) in [7, 11) is 0. The van der Waals surface area contributed by atoms with Crippen molar-refractivity contribution < 1.29 is 4.79 Å². The second kappa shape index (κ2) is 6.55. The van der Waals surface area contributed by atoms with Crippen molar-refractivity contribution in [1.29, 1.82) is 0 Å². The second-order valence-electron chi connectivity index (χ2n) is 4.73. The number of Topliss-reactive ketones (excluding diaryl/α,β-unsaturated/α-hetero) is 1. The van der Waals surface area contributed by atoms with E-state index in [9.17, 15) is 4.79 Å². The highest BCUT2D eigenvalue weighted by Gasteiger charge is 2.19. The van der Waals surface area contributed by atoms with E-state index in [2.05, 4.69) is 5.32 Å². The van der Waals surface area contributed by atoms with Gasteiger partial charge in [-0.1, -0.05) is 42.1 Å². The Morgan fingerprint density at radius 2 is 2.11 bits per heavy atom. The highest BCUT2D eigenvalue weighted by atomic mass is 35.5. The van der Waals surface area contributed by atoms with Gasteiger partial charge in [0.1, 0.15) is 0 Å². The van der Waals surface area contributed by atoms with Gasteiger partial charge in [-0.3, -0.25) is 4.79 Å². The summed E-state index contributed by atoms with van der Waals surface area (Å²) < 4.78 is 0. The fourth-order valence-electron chi connectivity index (χ4n) is 2.33. The zero-order valence-electron chi connectivity index (χ0n) is 10.2. The van der Waals surface area contributed by atoms with Crippen LogP contribution in [0.4, 0.5) is 0 Å². The number of carbonyl (C=O) groups excluding carboxylic acids is 1. The van der Waals surface area contributed by atoms with Crippen LogP contribution in [0.5, 0.6) is 0 Å². The molecule has 1 aromatic rings. The van der Waals surface area contributed by atoms with Crippen molar-refractivity contribution in [3.63, 3.8) is 0 Å². The predicted molar refractivity (Wildman–Crippen MR) is 75.7 cm³/mol. The van der Waals surface area contributed by atoms with Gasteiger partial charge in [0.05, 0.1) is 10.0 Å². The van der Waals surface area contributed by atoms with Crippen LogP contribution in [0, 0.1) is 0 Å². The van der Waals surface area contributed by atoms with Crippen LogP contribution in [0.2, 0.25) is 10.0 Å². The van der Waals surface area contributed by atoms with Crippen LogP contribution in [0.25, 0.3) is 0 Å². The summed E-state index contributed by atoms with van der Waals surface area (Å²) in [5.41, 5.74) is 0.537. The third-order valence-electron chi connectivity index (χ3n) is 3.35. The van der Waals surface area contributed by atoms with Crippen LogP contribution < -0.4 is 5.32 Å². The van der Waals surface area contributed by atoms with E-state index in [1.807, 2.05) is 0 Å². The molecule has 1 unspecified atom stereocenters. The number of hydrogen-bond donors (Lipinski definition) is 1. The van der Waals surface area contributed by atoms with Crippen molar-refractivity contribution in [1.82, 2.24) is 5.32 Å². The topological polar surface area (TPSA) is 29.1 Å². The van der Waals surface area contributed by atoms with Gasteiger partial charge in [-0.2, -0.15) is 0 Å². The Bertz CT molecular complexity index is 426. The molecule has 0 bridgehead atoms. The lowest BCUT2D eigenvalue weighted by Crippen LogP contribution is -2.30. The van der Waals surface area contributed by atoms with Crippen LogP contribution >= 0.6 is 23.2 Å². The smallest absolute Gasteiger partial charge is 0.165 e. The van der Waals surface area contributed by atoms with Gasteiger partial charge in [0.15, 0.2) is 5.78 Å². The van der Waals surface area contributed by atoms with Crippen LogP contribution in [0.1, 0.15) is 42.5 Å². The predicted octanol–water partition coefficient (Wildman–Crippen LogP) is 4.10. The van der Waals surface area contributed by atoms with Gasteiger partial charge in [0, 0.05) is 18.0 Å². The Hall–Kier alpha value is -0.570. The van der Waals surface area contributed by atoms with Crippen LogP contribution in [-0.2, 0) is 0 Å². The summed E-state index contributed by atoms with van der Waals surface area (Å²) in [5, 5.41) is 4.23. The Balaban J connectivity index is 2.04. The number of halogens is 2. The molecular weight excluding hydrogens is 269 g/mol. The first-order chi connectivity index (χ1) is 8.68. The molecule has 0 aliphatic carbocycles. The molecule has 0 spiro atoms. The van der Waals surface area contributed by atoms with E-state index in [1.165, 1.54) is 19.3 Å². The monoisotopic (exact) mass is 285 g/mol. The molecule has 1 N–H and O–H groups in total. The van der Waals surface area contributed by atoms with Gasteiger partial charge in [-0.25, -0.2) is 0 Å². The Morgan fingerprint density at radius 3 is 2.94 bits per heavy atom. The first-order valence-corrected chi connectivity index (χ1v) is 7.14. The van der Waals surface area contributed by atoms with Gasteiger partial charge in [0.25, 0.3) is 0 Å². The number of rotatable bonds is 3. The molecule has 0 radical (unpaired) electrons. The maximum absolute atomic E-state index is 12.2. The lowest BCUT2D eigenvalue weighted by Gasteiger charge is -2.15. The van der Waals surface area contributed by atoms with Crippen LogP contribution in [-0.4, -0.2) is 18.4 Å². The normalized spacial score (nSPS) is 20.4. The second-order valence-corrected chi connectivity index (χ2v) is 5.51. The molecule has 2 rings (SSSR count). The molecule has 0 amide bonds. The zero-order valence-corrected chi connectivity index (χ0v) is 11.7. The number of carbonyl (C=O) groups is 1. The van der Waals surface area contributed by atoms with E-state index in [-0.39, 0.29) is 11.8 Å². The SMILES string of the molecule is O=C(CC1CCCCCN1)c1cccc(Cl)c1Cl. The van der Waals surface area contributed by atoms with E-state index < -0.39 is 0 Å². The molecule has 1 aromatic carbocycles. The van der Waals surface area contributed by atoms with Crippen molar-refractivity contribution >= 4 is 29.0 Å². The molecular formula is C14H17Cl2NO. The summed E-state index contributed by atoms with van der Waals surface area (Å²) >= 11 is 12.0. The van der Waals surface area contributed by atoms with Crippen molar-refractivity contribution in [2.24, 2.45) is 0 Å². The Morgan fingerprint density at radius 1 is 1.28 bits per heavy atom. The number of nitrogens with one attached hydrogen (secondary N) is 1.